The van der Waals surface area contributed by atoms with Crippen LogP contribution in [-0.4, -0.2) is 43.0 Å². The molecular weight excluding hydrogens is 516 g/mol. The van der Waals surface area contributed by atoms with Gasteiger partial charge in [0.2, 0.25) is 15.0 Å². The minimum absolute atomic E-state index is 0.0511. The van der Waals surface area contributed by atoms with Crippen molar-refractivity contribution >= 4 is 44.5 Å². The SMILES string of the molecule is COc1cc(C=C(C#N)C(=O)Nc2nc(S(C)(=O)=O)ns2)ccc1OC(=O)c1ccc(C(C)(C)C)cc1. The Kier molecular flexibility index (Phi) is 8.10. The Balaban J connectivity index is 1.77. The van der Waals surface area contributed by atoms with Gasteiger partial charge in [0.15, 0.2) is 11.5 Å². The number of carbonyl (C=O) groups is 2. The summed E-state index contributed by atoms with van der Waals surface area (Å²) >= 11 is 0.675. The molecule has 3 aromatic rings. The molecule has 0 fully saturated rings. The van der Waals surface area contributed by atoms with Crippen LogP contribution in [0.15, 0.2) is 53.2 Å². The number of aromatic nitrogens is 2. The molecule has 10 nitrogen and oxygen atoms in total. The van der Waals surface area contributed by atoms with Crippen molar-refractivity contribution in [2.24, 2.45) is 0 Å². The highest BCUT2D eigenvalue weighted by Crippen LogP contribution is 2.30. The van der Waals surface area contributed by atoms with E-state index in [1.807, 2.05) is 12.1 Å². The molecule has 0 saturated carbocycles. The van der Waals surface area contributed by atoms with Gasteiger partial charge in [-0.05, 0) is 46.9 Å². The number of rotatable bonds is 7. The highest BCUT2D eigenvalue weighted by molar-refractivity contribution is 7.90. The van der Waals surface area contributed by atoms with Crippen LogP contribution in [0.5, 0.6) is 11.5 Å². The summed E-state index contributed by atoms with van der Waals surface area (Å²) in [4.78, 5) is 28.9. The maximum absolute atomic E-state index is 12.6. The number of nitrogens with one attached hydrogen (secondary N) is 1. The van der Waals surface area contributed by atoms with Crippen LogP contribution in [0, 0.1) is 11.3 Å². The molecule has 0 bridgehead atoms. The maximum atomic E-state index is 12.6. The molecule has 0 aliphatic carbocycles. The standard InChI is InChI=1S/C25H24N4O6S2/c1-25(2,3)18-9-7-16(8-10-18)22(31)35-19-11-6-15(13-20(19)34-4)12-17(14-26)21(30)27-23-28-24(29-36-23)37(5,32)33/h6-13H,1-5H3,(H,27,28,29,30). The van der Waals surface area contributed by atoms with Gasteiger partial charge in [-0.3, -0.25) is 10.1 Å². The van der Waals surface area contributed by atoms with E-state index in [0.717, 1.165) is 11.8 Å². The van der Waals surface area contributed by atoms with Gasteiger partial charge >= 0.3 is 5.97 Å². The number of carbonyl (C=O) groups excluding carboxylic acids is 2. The van der Waals surface area contributed by atoms with Crippen molar-refractivity contribution in [2.75, 3.05) is 18.7 Å². The van der Waals surface area contributed by atoms with Gasteiger partial charge in [-0.1, -0.05) is 39.0 Å². The molecule has 37 heavy (non-hydrogen) atoms. The number of esters is 1. The van der Waals surface area contributed by atoms with Crippen LogP contribution in [-0.2, 0) is 20.0 Å². The van der Waals surface area contributed by atoms with Crippen molar-refractivity contribution in [1.82, 2.24) is 9.36 Å². The van der Waals surface area contributed by atoms with Gasteiger partial charge in [0.1, 0.15) is 11.6 Å². The lowest BCUT2D eigenvalue weighted by molar-refractivity contribution is -0.112. The van der Waals surface area contributed by atoms with E-state index >= 15 is 0 Å². The number of methoxy groups -OCH3 is 1. The third-order valence-corrected chi connectivity index (χ3v) is 6.60. The van der Waals surface area contributed by atoms with Crippen molar-refractivity contribution in [3.63, 3.8) is 0 Å². The summed E-state index contributed by atoms with van der Waals surface area (Å²) in [5, 5.41) is 11.3. The summed E-state index contributed by atoms with van der Waals surface area (Å²) < 4.78 is 37.5. The highest BCUT2D eigenvalue weighted by Gasteiger charge is 2.19. The lowest BCUT2D eigenvalue weighted by Crippen LogP contribution is -2.13. The molecule has 1 amide bonds. The number of hydrogen-bond donors (Lipinski definition) is 1. The van der Waals surface area contributed by atoms with Gasteiger partial charge < -0.3 is 9.47 Å². The van der Waals surface area contributed by atoms with Crippen LogP contribution in [0.4, 0.5) is 5.13 Å². The largest absolute Gasteiger partial charge is 0.493 e. The molecule has 0 spiro atoms. The molecule has 0 unspecified atom stereocenters. The van der Waals surface area contributed by atoms with E-state index in [2.05, 4.69) is 35.4 Å². The molecule has 1 N–H and O–H groups in total. The normalized spacial score (nSPS) is 11.9. The van der Waals surface area contributed by atoms with Crippen LogP contribution in [0.1, 0.15) is 42.3 Å². The van der Waals surface area contributed by atoms with Gasteiger partial charge in [0, 0.05) is 17.8 Å². The van der Waals surface area contributed by atoms with E-state index in [1.165, 1.54) is 25.3 Å². The van der Waals surface area contributed by atoms with E-state index in [9.17, 15) is 23.3 Å². The van der Waals surface area contributed by atoms with Crippen LogP contribution in [0.3, 0.4) is 0 Å². The monoisotopic (exact) mass is 540 g/mol. The number of ether oxygens (including phenoxy) is 2. The van der Waals surface area contributed by atoms with E-state index < -0.39 is 26.9 Å². The zero-order valence-corrected chi connectivity index (χ0v) is 22.4. The van der Waals surface area contributed by atoms with Gasteiger partial charge in [0.25, 0.3) is 11.1 Å². The topological polar surface area (TPSA) is 148 Å². The minimum atomic E-state index is -3.63. The fourth-order valence-corrected chi connectivity index (χ4v) is 4.45. The Morgan fingerprint density at radius 1 is 1.11 bits per heavy atom. The molecule has 3 rings (SSSR count). The third-order valence-electron chi connectivity index (χ3n) is 5.01. The Morgan fingerprint density at radius 3 is 2.32 bits per heavy atom. The number of benzene rings is 2. The first kappa shape index (κ1) is 27.5. The molecule has 1 heterocycles. The van der Waals surface area contributed by atoms with Gasteiger partial charge in [0.05, 0.1) is 12.7 Å². The maximum Gasteiger partial charge on any atom is 0.343 e. The van der Waals surface area contributed by atoms with Crippen molar-refractivity contribution in [1.29, 1.82) is 5.26 Å². The highest BCUT2D eigenvalue weighted by atomic mass is 32.2. The molecule has 12 heteroatoms. The first-order chi connectivity index (χ1) is 17.3. The van der Waals surface area contributed by atoms with Gasteiger partial charge in [-0.2, -0.15) is 14.6 Å². The molecule has 0 saturated heterocycles. The molecule has 0 atom stereocenters. The number of sulfone groups is 1. The van der Waals surface area contributed by atoms with Crippen molar-refractivity contribution < 1.29 is 27.5 Å². The van der Waals surface area contributed by atoms with Crippen molar-refractivity contribution in [2.45, 2.75) is 31.3 Å². The quantitative estimate of drug-likeness (QED) is 0.203. The number of hydrogen-bond acceptors (Lipinski definition) is 10. The second-order valence-corrected chi connectivity index (χ2v) is 11.6. The third kappa shape index (κ3) is 6.99. The zero-order valence-electron chi connectivity index (χ0n) is 20.7. The molecule has 0 radical (unpaired) electrons. The summed E-state index contributed by atoms with van der Waals surface area (Å²) in [6.07, 6.45) is 2.24. The van der Waals surface area contributed by atoms with Crippen LogP contribution >= 0.6 is 11.5 Å². The van der Waals surface area contributed by atoms with Gasteiger partial charge in [-0.25, -0.2) is 13.2 Å². The average molecular weight is 541 g/mol. The smallest absolute Gasteiger partial charge is 0.343 e. The summed E-state index contributed by atoms with van der Waals surface area (Å²) in [7, 11) is -2.24. The Hall–Kier alpha value is -4.08. The summed E-state index contributed by atoms with van der Waals surface area (Å²) in [5.74, 6) is -0.987. The second-order valence-electron chi connectivity index (χ2n) is 8.91. The Morgan fingerprint density at radius 2 is 1.78 bits per heavy atom. The molecule has 0 aliphatic heterocycles. The summed E-state index contributed by atoms with van der Waals surface area (Å²) in [6.45, 7) is 6.23. The predicted octanol–water partition coefficient (Wildman–Crippen LogP) is 4.01. The number of anilines is 1. The van der Waals surface area contributed by atoms with Crippen LogP contribution in [0.2, 0.25) is 0 Å². The van der Waals surface area contributed by atoms with Crippen molar-refractivity contribution in [3.05, 3.63) is 64.7 Å². The van der Waals surface area contributed by atoms with E-state index in [1.54, 1.807) is 24.3 Å². The van der Waals surface area contributed by atoms with Crippen LogP contribution in [0.25, 0.3) is 6.08 Å². The Bertz CT molecular complexity index is 1510. The lowest BCUT2D eigenvalue weighted by Gasteiger charge is -2.19. The second kappa shape index (κ2) is 10.9. The van der Waals surface area contributed by atoms with E-state index in [0.29, 0.717) is 22.7 Å². The number of nitriles is 1. The number of amides is 1. The fraction of sp³-hybridized carbons (Fsp3) is 0.240. The number of nitrogens with zero attached hydrogens (tertiary/aromatic N) is 3. The van der Waals surface area contributed by atoms with E-state index in [-0.39, 0.29) is 27.6 Å². The molecule has 192 valence electrons. The predicted molar refractivity (Wildman–Crippen MR) is 138 cm³/mol. The minimum Gasteiger partial charge on any atom is -0.493 e. The summed E-state index contributed by atoms with van der Waals surface area (Å²) in [6, 6.07) is 13.5. The summed E-state index contributed by atoms with van der Waals surface area (Å²) in [5.41, 5.74) is 1.55. The van der Waals surface area contributed by atoms with Crippen molar-refractivity contribution in [3.8, 4) is 17.6 Å². The molecular formula is C25H24N4O6S2. The van der Waals surface area contributed by atoms with Crippen LogP contribution < -0.4 is 14.8 Å². The van der Waals surface area contributed by atoms with E-state index in [4.69, 9.17) is 9.47 Å². The molecule has 1 aromatic heterocycles. The first-order valence-corrected chi connectivity index (χ1v) is 13.5. The first-order valence-electron chi connectivity index (χ1n) is 10.8. The Labute approximate surface area is 218 Å². The zero-order chi connectivity index (χ0) is 27.4. The molecule has 0 aliphatic rings. The van der Waals surface area contributed by atoms with Gasteiger partial charge in [-0.15, -0.1) is 0 Å². The lowest BCUT2D eigenvalue weighted by atomic mass is 9.87. The average Bonchev–Trinajstić information content (AvgIpc) is 3.31. The fourth-order valence-electron chi connectivity index (χ4n) is 3.01. The molecule has 2 aromatic carbocycles.